The van der Waals surface area contributed by atoms with Gasteiger partial charge in [-0.05, 0) is 55.8 Å². The number of halogens is 1. The third-order valence-corrected chi connectivity index (χ3v) is 4.27. The van der Waals surface area contributed by atoms with Crippen LogP contribution in [0.2, 0.25) is 5.02 Å². The molecule has 1 fully saturated rings. The highest BCUT2D eigenvalue weighted by Gasteiger charge is 2.25. The molecule has 0 aliphatic heterocycles. The van der Waals surface area contributed by atoms with Crippen LogP contribution in [0.5, 0.6) is 5.75 Å². The van der Waals surface area contributed by atoms with Crippen molar-refractivity contribution in [2.24, 2.45) is 11.8 Å². The van der Waals surface area contributed by atoms with E-state index < -0.39 is 5.97 Å². The lowest BCUT2D eigenvalue weighted by atomic mass is 9.82. The largest absolute Gasteiger partial charge is 0.506 e. The fraction of sp³-hybridized carbons (Fsp3) is 0.533. The summed E-state index contributed by atoms with van der Waals surface area (Å²) in [4.78, 5) is 10.9. The monoisotopic (exact) mass is 297 g/mol. The summed E-state index contributed by atoms with van der Waals surface area (Å²) in [6, 6.07) is 5.19. The van der Waals surface area contributed by atoms with E-state index in [1.807, 2.05) is 6.07 Å². The highest BCUT2D eigenvalue weighted by Crippen LogP contribution is 2.28. The Hall–Kier alpha value is -1.26. The summed E-state index contributed by atoms with van der Waals surface area (Å²) in [6.45, 7) is 1.60. The number of hydrogen-bond acceptors (Lipinski definition) is 3. The van der Waals surface area contributed by atoms with E-state index in [0.29, 0.717) is 17.5 Å². The van der Waals surface area contributed by atoms with Gasteiger partial charge < -0.3 is 15.5 Å². The van der Waals surface area contributed by atoms with Crippen molar-refractivity contribution in [1.29, 1.82) is 0 Å². The van der Waals surface area contributed by atoms with Crippen molar-refractivity contribution in [3.8, 4) is 5.75 Å². The topological polar surface area (TPSA) is 69.6 Å². The Morgan fingerprint density at radius 1 is 1.30 bits per heavy atom. The van der Waals surface area contributed by atoms with Crippen LogP contribution in [0.4, 0.5) is 0 Å². The molecule has 3 N–H and O–H groups in total. The van der Waals surface area contributed by atoms with E-state index in [9.17, 15) is 9.90 Å². The van der Waals surface area contributed by atoms with Crippen LogP contribution >= 0.6 is 11.6 Å². The van der Waals surface area contributed by atoms with Crippen molar-refractivity contribution in [3.63, 3.8) is 0 Å². The molecule has 110 valence electrons. The molecule has 1 aliphatic rings. The normalized spacial score (nSPS) is 22.6. The van der Waals surface area contributed by atoms with Gasteiger partial charge in [0, 0.05) is 6.54 Å². The number of aromatic hydroxyl groups is 1. The van der Waals surface area contributed by atoms with E-state index in [4.69, 9.17) is 16.7 Å². The summed E-state index contributed by atoms with van der Waals surface area (Å²) < 4.78 is 0. The Bertz CT molecular complexity index is 470. The quantitative estimate of drug-likeness (QED) is 0.781. The maximum Gasteiger partial charge on any atom is 0.306 e. The van der Waals surface area contributed by atoms with E-state index in [0.717, 1.165) is 37.8 Å². The molecule has 0 aromatic heterocycles. The maximum absolute atomic E-state index is 10.9. The fourth-order valence-electron chi connectivity index (χ4n) is 2.69. The minimum Gasteiger partial charge on any atom is -0.506 e. The molecule has 0 atom stereocenters. The molecule has 1 saturated carbocycles. The molecule has 1 aliphatic carbocycles. The number of phenolic OH excluding ortho intramolecular Hbond substituents is 1. The number of carbonyl (C=O) groups is 1. The summed E-state index contributed by atoms with van der Waals surface area (Å²) in [5.74, 6) is -0.155. The van der Waals surface area contributed by atoms with Gasteiger partial charge in [-0.3, -0.25) is 4.79 Å². The standard InChI is InChI=1S/C15H20ClNO3/c16-13-7-11(3-6-14(13)18)9-17-8-10-1-4-12(5-2-10)15(19)20/h3,6-7,10,12,17-18H,1-2,4-5,8-9H2,(H,19,20). The Balaban J connectivity index is 1.71. The number of rotatable bonds is 5. The Labute approximate surface area is 123 Å². The average Bonchev–Trinajstić information content (AvgIpc) is 2.43. The van der Waals surface area contributed by atoms with Gasteiger partial charge >= 0.3 is 5.97 Å². The molecule has 0 heterocycles. The second-order valence-corrected chi connectivity index (χ2v) is 5.88. The van der Waals surface area contributed by atoms with Crippen LogP contribution in [0.25, 0.3) is 0 Å². The predicted molar refractivity (Wildman–Crippen MR) is 77.9 cm³/mol. The third-order valence-electron chi connectivity index (χ3n) is 3.97. The van der Waals surface area contributed by atoms with Crippen molar-refractivity contribution in [2.75, 3.05) is 6.54 Å². The predicted octanol–water partition coefficient (Wildman–Crippen LogP) is 3.03. The van der Waals surface area contributed by atoms with Gasteiger partial charge in [-0.2, -0.15) is 0 Å². The van der Waals surface area contributed by atoms with Crippen LogP contribution in [-0.2, 0) is 11.3 Å². The van der Waals surface area contributed by atoms with Gasteiger partial charge in [0.05, 0.1) is 10.9 Å². The molecule has 20 heavy (non-hydrogen) atoms. The Morgan fingerprint density at radius 3 is 2.60 bits per heavy atom. The number of nitrogens with one attached hydrogen (secondary N) is 1. The van der Waals surface area contributed by atoms with E-state index >= 15 is 0 Å². The van der Waals surface area contributed by atoms with Gasteiger partial charge in [0.15, 0.2) is 0 Å². The zero-order valence-corrected chi connectivity index (χ0v) is 12.1. The number of hydrogen-bond donors (Lipinski definition) is 3. The second kappa shape index (κ2) is 6.95. The van der Waals surface area contributed by atoms with Gasteiger partial charge in [-0.25, -0.2) is 0 Å². The second-order valence-electron chi connectivity index (χ2n) is 5.47. The van der Waals surface area contributed by atoms with E-state index in [-0.39, 0.29) is 11.7 Å². The Morgan fingerprint density at radius 2 is 2.00 bits per heavy atom. The summed E-state index contributed by atoms with van der Waals surface area (Å²) >= 11 is 5.85. The molecule has 1 aromatic rings. The van der Waals surface area contributed by atoms with Gasteiger partial charge in [0.1, 0.15) is 5.75 Å². The number of phenols is 1. The first-order valence-electron chi connectivity index (χ1n) is 6.97. The lowest BCUT2D eigenvalue weighted by Crippen LogP contribution is -2.28. The smallest absolute Gasteiger partial charge is 0.306 e. The first-order chi connectivity index (χ1) is 9.56. The summed E-state index contributed by atoms with van der Waals surface area (Å²) in [5.41, 5.74) is 1.03. The molecule has 2 rings (SSSR count). The van der Waals surface area contributed by atoms with Crippen molar-refractivity contribution < 1.29 is 15.0 Å². The van der Waals surface area contributed by atoms with Gasteiger partial charge in [-0.15, -0.1) is 0 Å². The van der Waals surface area contributed by atoms with Crippen LogP contribution in [0.15, 0.2) is 18.2 Å². The van der Waals surface area contributed by atoms with Crippen molar-refractivity contribution in [3.05, 3.63) is 28.8 Å². The van der Waals surface area contributed by atoms with Crippen molar-refractivity contribution >= 4 is 17.6 Å². The lowest BCUT2D eigenvalue weighted by molar-refractivity contribution is -0.143. The lowest BCUT2D eigenvalue weighted by Gasteiger charge is -2.26. The number of benzene rings is 1. The number of carboxylic acids is 1. The maximum atomic E-state index is 10.9. The first-order valence-corrected chi connectivity index (χ1v) is 7.35. The van der Waals surface area contributed by atoms with Crippen molar-refractivity contribution in [2.45, 2.75) is 32.2 Å². The molecule has 5 heteroatoms. The highest BCUT2D eigenvalue weighted by molar-refractivity contribution is 6.32. The number of aliphatic carboxylic acids is 1. The SMILES string of the molecule is O=C(O)C1CCC(CNCc2ccc(O)c(Cl)c2)CC1. The summed E-state index contributed by atoms with van der Waals surface area (Å²) in [6.07, 6.45) is 3.51. The first kappa shape index (κ1) is 15.1. The molecule has 0 spiro atoms. The van der Waals surface area contributed by atoms with E-state index in [2.05, 4.69) is 5.32 Å². The van der Waals surface area contributed by atoms with Gasteiger partial charge in [0.2, 0.25) is 0 Å². The minimum absolute atomic E-state index is 0.0995. The molecule has 1 aromatic carbocycles. The van der Waals surface area contributed by atoms with Crippen LogP contribution in [0.3, 0.4) is 0 Å². The average molecular weight is 298 g/mol. The molecule has 0 saturated heterocycles. The highest BCUT2D eigenvalue weighted by atomic mass is 35.5. The Kier molecular flexibility index (Phi) is 5.26. The molecule has 0 amide bonds. The third kappa shape index (κ3) is 4.12. The van der Waals surface area contributed by atoms with Crippen LogP contribution in [0.1, 0.15) is 31.2 Å². The summed E-state index contributed by atoms with van der Waals surface area (Å²) in [5, 5.41) is 22.0. The summed E-state index contributed by atoms with van der Waals surface area (Å²) in [7, 11) is 0. The number of carboxylic acid groups (broad SMARTS) is 1. The van der Waals surface area contributed by atoms with E-state index in [1.54, 1.807) is 12.1 Å². The molecular weight excluding hydrogens is 278 g/mol. The van der Waals surface area contributed by atoms with Crippen LogP contribution in [-0.4, -0.2) is 22.7 Å². The van der Waals surface area contributed by atoms with Crippen LogP contribution < -0.4 is 5.32 Å². The van der Waals surface area contributed by atoms with Crippen molar-refractivity contribution in [1.82, 2.24) is 5.32 Å². The molecular formula is C15H20ClNO3. The zero-order valence-electron chi connectivity index (χ0n) is 11.3. The molecule has 0 unspecified atom stereocenters. The minimum atomic E-state index is -0.657. The van der Waals surface area contributed by atoms with Gasteiger partial charge in [-0.1, -0.05) is 17.7 Å². The van der Waals surface area contributed by atoms with E-state index in [1.165, 1.54) is 0 Å². The molecule has 0 bridgehead atoms. The zero-order chi connectivity index (χ0) is 14.5. The molecule has 4 nitrogen and oxygen atoms in total. The van der Waals surface area contributed by atoms with Gasteiger partial charge in [0.25, 0.3) is 0 Å². The molecule has 0 radical (unpaired) electrons. The fourth-order valence-corrected chi connectivity index (χ4v) is 2.90. The van der Waals surface area contributed by atoms with Crippen LogP contribution in [0, 0.1) is 11.8 Å².